The normalized spacial score (nSPS) is 14.1. The molecule has 0 saturated heterocycles. The van der Waals surface area contributed by atoms with Gasteiger partial charge in [0.15, 0.2) is 6.26 Å². The Morgan fingerprint density at radius 1 is 0.963 bits per heavy atom. The smallest absolute Gasteiger partial charge is 0.423 e. The van der Waals surface area contributed by atoms with Gasteiger partial charge in [-0.3, -0.25) is 19.2 Å². The fraction of sp³-hybridized carbons (Fsp3) is 0.625. The minimum Gasteiger partial charge on any atom is -0.456 e. The molecular formula is C16H23NO10. The summed E-state index contributed by atoms with van der Waals surface area (Å²) >= 11 is 0. The third-order valence-corrected chi connectivity index (χ3v) is 3.13. The van der Waals surface area contributed by atoms with Crippen LogP contribution >= 0.6 is 0 Å². The van der Waals surface area contributed by atoms with E-state index in [1.165, 1.54) is 13.2 Å². The Labute approximate surface area is 155 Å². The average Bonchev–Trinajstić information content (AvgIpc) is 3.01. The van der Waals surface area contributed by atoms with E-state index >= 15 is 0 Å². The first-order valence-corrected chi connectivity index (χ1v) is 8.18. The van der Waals surface area contributed by atoms with Crippen molar-refractivity contribution < 1.29 is 48.0 Å². The second-order valence-electron chi connectivity index (χ2n) is 5.66. The minimum absolute atomic E-state index is 0.0992. The summed E-state index contributed by atoms with van der Waals surface area (Å²) in [6, 6.07) is 0. The highest BCUT2D eigenvalue weighted by Crippen LogP contribution is 2.26. The standard InChI is InChI=1S/C16H23NO10/c1-10(18)23-15(14-9-22-27-17-14)7-5-6-8-16(24-11(2)19,25-12(3)20)26-13(4)21/h9,15,17H,5-8H2,1-4H3. The third-order valence-electron chi connectivity index (χ3n) is 3.13. The molecule has 1 unspecified atom stereocenters. The molecule has 0 saturated carbocycles. The number of esters is 4. The summed E-state index contributed by atoms with van der Waals surface area (Å²) in [4.78, 5) is 54.4. The molecule has 0 bridgehead atoms. The number of carbonyl (C=O) groups is 4. The SMILES string of the molecule is CC(=O)OC(CCCCC(OC(C)=O)(OC(C)=O)OC(C)=O)C1=COON1. The average molecular weight is 389 g/mol. The number of hydrogen-bond acceptors (Lipinski definition) is 11. The number of carbonyl (C=O) groups excluding carboxylic acids is 4. The Bertz CT molecular complexity index is 559. The zero-order valence-corrected chi connectivity index (χ0v) is 15.6. The van der Waals surface area contributed by atoms with Crippen molar-refractivity contribution in [2.24, 2.45) is 0 Å². The Kier molecular flexibility index (Phi) is 8.52. The maximum absolute atomic E-state index is 11.4. The van der Waals surface area contributed by atoms with Crippen LogP contribution in [0.25, 0.3) is 0 Å². The fourth-order valence-electron chi connectivity index (χ4n) is 2.34. The molecule has 0 aliphatic carbocycles. The molecule has 1 heterocycles. The van der Waals surface area contributed by atoms with Crippen LogP contribution in [0.2, 0.25) is 0 Å². The van der Waals surface area contributed by atoms with Crippen LogP contribution in [0.15, 0.2) is 12.0 Å². The van der Waals surface area contributed by atoms with E-state index in [1.54, 1.807) is 0 Å². The number of ether oxygens (including phenoxy) is 4. The van der Waals surface area contributed by atoms with Crippen molar-refractivity contribution in [2.75, 3.05) is 0 Å². The van der Waals surface area contributed by atoms with Crippen molar-refractivity contribution in [2.45, 2.75) is 65.5 Å². The Morgan fingerprint density at radius 3 is 1.93 bits per heavy atom. The van der Waals surface area contributed by atoms with Crippen LogP contribution in [-0.4, -0.2) is 36.0 Å². The lowest BCUT2D eigenvalue weighted by molar-refractivity contribution is -0.330. The summed E-state index contributed by atoms with van der Waals surface area (Å²) in [5, 5.41) is 0. The number of hydroxylamine groups is 1. The second-order valence-corrected chi connectivity index (χ2v) is 5.66. The van der Waals surface area contributed by atoms with Gasteiger partial charge in [-0.2, -0.15) is 0 Å². The van der Waals surface area contributed by atoms with Gasteiger partial charge in [-0.15, -0.1) is 0 Å². The van der Waals surface area contributed by atoms with Crippen LogP contribution in [0.4, 0.5) is 0 Å². The topological polar surface area (TPSA) is 136 Å². The van der Waals surface area contributed by atoms with Crippen LogP contribution in [0, 0.1) is 0 Å². The molecule has 0 amide bonds. The monoisotopic (exact) mass is 389 g/mol. The van der Waals surface area contributed by atoms with Crippen molar-refractivity contribution in [3.8, 4) is 0 Å². The summed E-state index contributed by atoms with van der Waals surface area (Å²) in [6.45, 7) is 4.54. The van der Waals surface area contributed by atoms with E-state index < -0.39 is 36.0 Å². The minimum atomic E-state index is -2.14. The van der Waals surface area contributed by atoms with Crippen LogP contribution in [0.5, 0.6) is 0 Å². The van der Waals surface area contributed by atoms with E-state index in [-0.39, 0.29) is 6.42 Å². The van der Waals surface area contributed by atoms with Gasteiger partial charge in [-0.1, -0.05) is 4.99 Å². The Balaban J connectivity index is 2.71. The lowest BCUT2D eigenvalue weighted by Gasteiger charge is -2.30. The molecule has 0 aromatic carbocycles. The highest BCUT2D eigenvalue weighted by molar-refractivity contribution is 5.70. The largest absolute Gasteiger partial charge is 0.456 e. The number of nitrogens with one attached hydrogen (secondary N) is 1. The maximum Gasteiger partial charge on any atom is 0.423 e. The lowest BCUT2D eigenvalue weighted by atomic mass is 10.1. The van der Waals surface area contributed by atoms with Crippen LogP contribution in [0.1, 0.15) is 53.4 Å². The predicted octanol–water partition coefficient (Wildman–Crippen LogP) is 1.13. The molecule has 0 radical (unpaired) electrons. The highest BCUT2D eigenvalue weighted by atomic mass is 17.3. The molecule has 152 valence electrons. The molecule has 1 N–H and O–H groups in total. The van der Waals surface area contributed by atoms with Gasteiger partial charge in [0.1, 0.15) is 11.8 Å². The van der Waals surface area contributed by atoms with Gasteiger partial charge in [-0.05, 0) is 19.3 Å². The van der Waals surface area contributed by atoms with Gasteiger partial charge in [-0.25, -0.2) is 5.48 Å². The summed E-state index contributed by atoms with van der Waals surface area (Å²) < 4.78 is 20.0. The van der Waals surface area contributed by atoms with E-state index in [2.05, 4.69) is 15.4 Å². The summed E-state index contributed by atoms with van der Waals surface area (Å²) in [7, 11) is 0. The van der Waals surface area contributed by atoms with Crippen LogP contribution < -0.4 is 5.48 Å². The molecule has 1 atom stereocenters. The van der Waals surface area contributed by atoms with Gasteiger partial charge in [0.05, 0.1) is 6.42 Å². The molecule has 0 spiro atoms. The van der Waals surface area contributed by atoms with E-state index in [9.17, 15) is 19.2 Å². The third kappa shape index (κ3) is 8.40. The maximum atomic E-state index is 11.4. The molecule has 11 heteroatoms. The molecule has 27 heavy (non-hydrogen) atoms. The first kappa shape index (κ1) is 22.2. The Morgan fingerprint density at radius 2 is 1.52 bits per heavy atom. The second kappa shape index (κ2) is 10.4. The van der Waals surface area contributed by atoms with Gasteiger partial charge < -0.3 is 23.8 Å². The lowest BCUT2D eigenvalue weighted by Crippen LogP contribution is -2.43. The summed E-state index contributed by atoms with van der Waals surface area (Å²) in [6.07, 6.45) is 1.59. The van der Waals surface area contributed by atoms with Gasteiger partial charge in [0.2, 0.25) is 0 Å². The van der Waals surface area contributed by atoms with Gasteiger partial charge in [0.25, 0.3) is 0 Å². The predicted molar refractivity (Wildman–Crippen MR) is 85.4 cm³/mol. The van der Waals surface area contributed by atoms with Crippen molar-refractivity contribution >= 4 is 23.9 Å². The van der Waals surface area contributed by atoms with Crippen LogP contribution in [0.3, 0.4) is 0 Å². The molecule has 0 fully saturated rings. The first-order valence-electron chi connectivity index (χ1n) is 8.18. The van der Waals surface area contributed by atoms with Crippen molar-refractivity contribution in [1.82, 2.24) is 5.48 Å². The van der Waals surface area contributed by atoms with E-state index in [1.807, 2.05) is 0 Å². The summed E-state index contributed by atoms with van der Waals surface area (Å²) in [5.41, 5.74) is 2.86. The number of hydrogen-bond donors (Lipinski definition) is 1. The summed E-state index contributed by atoms with van der Waals surface area (Å²) in [5.74, 6) is -5.00. The van der Waals surface area contributed by atoms with E-state index in [0.29, 0.717) is 25.0 Å². The number of rotatable bonds is 10. The number of unbranched alkanes of at least 4 members (excludes halogenated alkanes) is 1. The van der Waals surface area contributed by atoms with E-state index in [0.717, 1.165) is 20.8 Å². The zero-order chi connectivity index (χ0) is 20.4. The van der Waals surface area contributed by atoms with Crippen molar-refractivity contribution in [1.29, 1.82) is 0 Å². The molecule has 1 rings (SSSR count). The molecule has 1 aliphatic rings. The van der Waals surface area contributed by atoms with Crippen molar-refractivity contribution in [3.05, 3.63) is 12.0 Å². The van der Waals surface area contributed by atoms with Gasteiger partial charge >= 0.3 is 29.9 Å². The zero-order valence-electron chi connectivity index (χ0n) is 15.6. The van der Waals surface area contributed by atoms with Gasteiger partial charge in [0, 0.05) is 27.7 Å². The molecular weight excluding hydrogens is 366 g/mol. The molecule has 1 aliphatic heterocycles. The van der Waals surface area contributed by atoms with Crippen LogP contribution in [-0.2, 0) is 48.0 Å². The van der Waals surface area contributed by atoms with Crippen molar-refractivity contribution in [3.63, 3.8) is 0 Å². The van der Waals surface area contributed by atoms with E-state index in [4.69, 9.17) is 18.9 Å². The molecule has 11 nitrogen and oxygen atoms in total. The molecule has 0 aromatic heterocycles. The first-order chi connectivity index (χ1) is 12.6. The Hall–Kier alpha value is -2.82. The highest BCUT2D eigenvalue weighted by Gasteiger charge is 2.41. The fourth-order valence-corrected chi connectivity index (χ4v) is 2.34. The quantitative estimate of drug-likeness (QED) is 0.249. The molecule has 0 aromatic rings.